The van der Waals surface area contributed by atoms with Gasteiger partial charge in [-0.1, -0.05) is 19.3 Å². The molecule has 7 nitrogen and oxygen atoms in total. The van der Waals surface area contributed by atoms with Crippen LogP contribution in [0.1, 0.15) is 42.5 Å². The number of H-pyrrole nitrogens is 1. The molecule has 3 N–H and O–H groups in total. The summed E-state index contributed by atoms with van der Waals surface area (Å²) >= 11 is 0. The van der Waals surface area contributed by atoms with Crippen LogP contribution in [-0.2, 0) is 10.0 Å². The molecule has 0 bridgehead atoms. The second-order valence-electron chi connectivity index (χ2n) is 6.50. The summed E-state index contributed by atoms with van der Waals surface area (Å²) in [5.74, 6) is -1.53. The smallest absolute Gasteiger partial charge is 0.269 e. The minimum atomic E-state index is -3.67. The van der Waals surface area contributed by atoms with Gasteiger partial charge >= 0.3 is 0 Å². The first-order chi connectivity index (χ1) is 12.4. The second-order valence-corrected chi connectivity index (χ2v) is 8.27. The Morgan fingerprint density at radius 2 is 2.04 bits per heavy atom. The fourth-order valence-electron chi connectivity index (χ4n) is 3.18. The van der Waals surface area contributed by atoms with E-state index in [0.29, 0.717) is 11.3 Å². The number of rotatable bonds is 6. The number of aromatic nitrogens is 2. The largest absolute Gasteiger partial charge is 0.345 e. The fraction of sp³-hybridized carbons (Fsp3) is 0.412. The van der Waals surface area contributed by atoms with Crippen LogP contribution in [0.3, 0.4) is 0 Å². The highest BCUT2D eigenvalue weighted by atomic mass is 32.2. The molecule has 1 aliphatic rings. The first-order valence-corrected chi connectivity index (χ1v) is 10.2. The van der Waals surface area contributed by atoms with Gasteiger partial charge in [-0.2, -0.15) is 0 Å². The van der Waals surface area contributed by atoms with Crippen LogP contribution >= 0.6 is 0 Å². The van der Waals surface area contributed by atoms with E-state index in [1.165, 1.54) is 18.5 Å². The summed E-state index contributed by atoms with van der Waals surface area (Å²) in [6.07, 6.45) is 7.94. The molecule has 0 aliphatic heterocycles. The van der Waals surface area contributed by atoms with E-state index in [-0.39, 0.29) is 17.2 Å². The molecule has 0 saturated heterocycles. The molecule has 1 amide bonds. The maximum absolute atomic E-state index is 14.0. The quantitative estimate of drug-likeness (QED) is 0.669. The lowest BCUT2D eigenvalue weighted by Gasteiger charge is -2.21. The Bertz CT molecular complexity index is 862. The Kier molecular flexibility index (Phi) is 5.67. The van der Waals surface area contributed by atoms with E-state index in [1.807, 2.05) is 0 Å². The average molecular weight is 380 g/mol. The summed E-state index contributed by atoms with van der Waals surface area (Å²) in [5.41, 5.74) is 3.04. The van der Waals surface area contributed by atoms with Crippen molar-refractivity contribution >= 4 is 15.9 Å². The first kappa shape index (κ1) is 18.5. The third-order valence-electron chi connectivity index (χ3n) is 4.52. The van der Waals surface area contributed by atoms with Gasteiger partial charge in [0.05, 0.1) is 29.5 Å². The van der Waals surface area contributed by atoms with Crippen molar-refractivity contribution in [2.75, 3.05) is 5.75 Å². The van der Waals surface area contributed by atoms with Crippen LogP contribution in [0.5, 0.6) is 0 Å². The molecule has 140 valence electrons. The summed E-state index contributed by atoms with van der Waals surface area (Å²) in [7, 11) is -3.67. The van der Waals surface area contributed by atoms with Gasteiger partial charge < -0.3 is 4.98 Å². The number of aromatic amines is 1. The topological polar surface area (TPSA) is 104 Å². The molecule has 3 rings (SSSR count). The number of carbonyl (C=O) groups excluding carboxylic acids is 1. The minimum absolute atomic E-state index is 0.0378. The van der Waals surface area contributed by atoms with E-state index in [0.717, 1.165) is 38.2 Å². The van der Waals surface area contributed by atoms with Crippen molar-refractivity contribution in [3.8, 4) is 11.3 Å². The van der Waals surface area contributed by atoms with Crippen molar-refractivity contribution in [3.63, 3.8) is 0 Å². The summed E-state index contributed by atoms with van der Waals surface area (Å²) < 4.78 is 38.3. The Labute approximate surface area is 151 Å². The van der Waals surface area contributed by atoms with Crippen molar-refractivity contribution in [1.29, 1.82) is 0 Å². The number of carbonyl (C=O) groups is 1. The van der Waals surface area contributed by atoms with Crippen LogP contribution in [0, 0.1) is 11.7 Å². The van der Waals surface area contributed by atoms with Gasteiger partial charge in [0.2, 0.25) is 10.0 Å². The first-order valence-electron chi connectivity index (χ1n) is 8.53. The van der Waals surface area contributed by atoms with Gasteiger partial charge in [0, 0.05) is 5.56 Å². The Morgan fingerprint density at radius 1 is 1.27 bits per heavy atom. The Morgan fingerprint density at radius 3 is 2.73 bits per heavy atom. The number of imidazole rings is 1. The number of sulfonamides is 1. The van der Waals surface area contributed by atoms with Crippen LogP contribution in [0.25, 0.3) is 11.3 Å². The Hall–Kier alpha value is -2.26. The number of halogens is 1. The zero-order valence-corrected chi connectivity index (χ0v) is 15.0. The van der Waals surface area contributed by atoms with Gasteiger partial charge in [0.25, 0.3) is 5.91 Å². The van der Waals surface area contributed by atoms with Crippen molar-refractivity contribution < 1.29 is 17.6 Å². The number of hydrazine groups is 1. The molecular formula is C17H21FN4O3S. The van der Waals surface area contributed by atoms with Crippen LogP contribution in [0.2, 0.25) is 0 Å². The van der Waals surface area contributed by atoms with Gasteiger partial charge in [-0.3, -0.25) is 10.2 Å². The zero-order chi connectivity index (χ0) is 18.6. The van der Waals surface area contributed by atoms with Crippen LogP contribution < -0.4 is 10.3 Å². The molecule has 1 aromatic carbocycles. The summed E-state index contributed by atoms with van der Waals surface area (Å²) in [6, 6.07) is 4.00. The molecule has 9 heteroatoms. The number of nitrogens with one attached hydrogen (secondary N) is 3. The highest BCUT2D eigenvalue weighted by Crippen LogP contribution is 2.24. The third kappa shape index (κ3) is 4.67. The van der Waals surface area contributed by atoms with Crippen LogP contribution in [-0.4, -0.2) is 30.0 Å². The van der Waals surface area contributed by atoms with Crippen LogP contribution in [0.4, 0.5) is 4.39 Å². The van der Waals surface area contributed by atoms with E-state index in [2.05, 4.69) is 20.2 Å². The molecule has 0 unspecified atom stereocenters. The number of benzene rings is 1. The van der Waals surface area contributed by atoms with Crippen molar-refractivity contribution in [2.45, 2.75) is 32.1 Å². The van der Waals surface area contributed by atoms with Crippen molar-refractivity contribution in [1.82, 2.24) is 20.2 Å². The third-order valence-corrected chi connectivity index (χ3v) is 5.84. The normalized spacial score (nSPS) is 15.7. The van der Waals surface area contributed by atoms with E-state index in [9.17, 15) is 17.6 Å². The number of amides is 1. The van der Waals surface area contributed by atoms with E-state index in [4.69, 9.17) is 0 Å². The standard InChI is InChI=1S/C17H21FN4O3S/c18-15-7-6-13(16-9-19-11-20-16)8-14(15)17(23)21-22-26(24,25)10-12-4-2-1-3-5-12/h6-9,11-12,22H,1-5,10H2,(H,19,20)(H,21,23). The van der Waals surface area contributed by atoms with Crippen molar-refractivity contribution in [3.05, 3.63) is 42.1 Å². The molecule has 1 aliphatic carbocycles. The summed E-state index contributed by atoms with van der Waals surface area (Å²) in [4.78, 5) is 21.0. The molecule has 1 saturated carbocycles. The molecule has 1 heterocycles. The van der Waals surface area contributed by atoms with Gasteiger partial charge in [-0.15, -0.1) is 4.83 Å². The molecular weight excluding hydrogens is 359 g/mol. The van der Waals surface area contributed by atoms with Gasteiger partial charge in [0.1, 0.15) is 5.82 Å². The lowest BCUT2D eigenvalue weighted by atomic mass is 9.91. The second kappa shape index (κ2) is 7.96. The average Bonchev–Trinajstić information content (AvgIpc) is 3.15. The molecule has 0 spiro atoms. The molecule has 0 radical (unpaired) electrons. The lowest BCUT2D eigenvalue weighted by Crippen LogP contribution is -2.44. The molecule has 2 aromatic rings. The molecule has 0 atom stereocenters. The summed E-state index contributed by atoms with van der Waals surface area (Å²) in [5, 5.41) is 0. The van der Waals surface area contributed by atoms with E-state index < -0.39 is 21.7 Å². The monoisotopic (exact) mass is 380 g/mol. The molecule has 1 fully saturated rings. The number of nitrogens with zero attached hydrogens (tertiary/aromatic N) is 1. The Balaban J connectivity index is 1.65. The minimum Gasteiger partial charge on any atom is -0.345 e. The van der Waals surface area contributed by atoms with Crippen molar-refractivity contribution in [2.24, 2.45) is 5.92 Å². The maximum Gasteiger partial charge on any atom is 0.269 e. The number of hydrogen-bond acceptors (Lipinski definition) is 4. The predicted octanol–water partition coefficient (Wildman–Crippen LogP) is 2.36. The maximum atomic E-state index is 14.0. The fourth-order valence-corrected chi connectivity index (χ4v) is 4.46. The van der Waals surface area contributed by atoms with Gasteiger partial charge in [-0.25, -0.2) is 17.8 Å². The summed E-state index contributed by atoms with van der Waals surface area (Å²) in [6.45, 7) is 0. The van der Waals surface area contributed by atoms with Gasteiger partial charge in [0.15, 0.2) is 0 Å². The predicted molar refractivity (Wildman–Crippen MR) is 94.9 cm³/mol. The molecule has 26 heavy (non-hydrogen) atoms. The highest BCUT2D eigenvalue weighted by molar-refractivity contribution is 7.89. The van der Waals surface area contributed by atoms with E-state index >= 15 is 0 Å². The van der Waals surface area contributed by atoms with Crippen LogP contribution in [0.15, 0.2) is 30.7 Å². The highest BCUT2D eigenvalue weighted by Gasteiger charge is 2.22. The molecule has 1 aromatic heterocycles. The van der Waals surface area contributed by atoms with Gasteiger partial charge in [-0.05, 0) is 37.0 Å². The number of hydrogen-bond donors (Lipinski definition) is 3. The van der Waals surface area contributed by atoms with E-state index in [1.54, 1.807) is 6.20 Å². The lowest BCUT2D eigenvalue weighted by molar-refractivity contribution is 0.0941. The SMILES string of the molecule is O=C(NNS(=O)(=O)CC1CCCCC1)c1cc(-c2cnc[nH]2)ccc1F. The zero-order valence-electron chi connectivity index (χ0n) is 14.2.